The summed E-state index contributed by atoms with van der Waals surface area (Å²) in [4.78, 5) is 17.7. The first-order valence-corrected chi connectivity index (χ1v) is 6.91. The van der Waals surface area contributed by atoms with Gasteiger partial charge in [-0.05, 0) is 38.3 Å². The molecule has 1 atom stereocenters. The number of carbonyl (C=O) groups is 1. The van der Waals surface area contributed by atoms with E-state index in [1.807, 2.05) is 24.8 Å². The molecule has 0 unspecified atom stereocenters. The summed E-state index contributed by atoms with van der Waals surface area (Å²) >= 11 is 0. The fourth-order valence-electron chi connectivity index (χ4n) is 2.66. The predicted octanol–water partition coefficient (Wildman–Crippen LogP) is 1.99. The van der Waals surface area contributed by atoms with Crippen LogP contribution in [-0.2, 0) is 4.79 Å². The first-order valence-electron chi connectivity index (χ1n) is 6.91. The SMILES string of the molecule is CC(=O)N1CCC[C@@H](Nc2cc(C)c(C#N)c(C)n2)C1. The van der Waals surface area contributed by atoms with Crippen LogP contribution >= 0.6 is 0 Å². The van der Waals surface area contributed by atoms with E-state index in [-0.39, 0.29) is 11.9 Å². The van der Waals surface area contributed by atoms with E-state index < -0.39 is 0 Å². The van der Waals surface area contributed by atoms with E-state index in [0.29, 0.717) is 5.56 Å². The molecule has 1 aromatic heterocycles. The standard InChI is InChI=1S/C15H20N4O/c1-10-7-15(17-11(2)14(10)8-16)18-13-5-4-6-19(9-13)12(3)20/h7,13H,4-6,9H2,1-3H3,(H,17,18)/t13-/m1/s1. The Balaban J connectivity index is 2.11. The van der Waals surface area contributed by atoms with E-state index in [4.69, 9.17) is 5.26 Å². The quantitative estimate of drug-likeness (QED) is 0.894. The fourth-order valence-corrected chi connectivity index (χ4v) is 2.66. The highest BCUT2D eigenvalue weighted by atomic mass is 16.2. The van der Waals surface area contributed by atoms with E-state index in [0.717, 1.165) is 43.0 Å². The monoisotopic (exact) mass is 272 g/mol. The number of piperidine rings is 1. The van der Waals surface area contributed by atoms with Crippen molar-refractivity contribution in [3.05, 3.63) is 22.9 Å². The highest BCUT2D eigenvalue weighted by molar-refractivity contribution is 5.73. The van der Waals surface area contributed by atoms with Crippen LogP contribution in [0.4, 0.5) is 5.82 Å². The number of hydrogen-bond acceptors (Lipinski definition) is 4. The Labute approximate surface area is 119 Å². The van der Waals surface area contributed by atoms with Gasteiger partial charge in [-0.2, -0.15) is 5.26 Å². The maximum absolute atomic E-state index is 11.4. The molecule has 0 saturated carbocycles. The molecule has 1 amide bonds. The number of anilines is 1. The van der Waals surface area contributed by atoms with Crippen LogP contribution in [0.5, 0.6) is 0 Å². The van der Waals surface area contributed by atoms with Crippen molar-refractivity contribution >= 4 is 11.7 Å². The summed E-state index contributed by atoms with van der Waals surface area (Å²) in [6, 6.07) is 4.30. The van der Waals surface area contributed by atoms with Crippen LogP contribution in [0.25, 0.3) is 0 Å². The zero-order chi connectivity index (χ0) is 14.7. The Bertz CT molecular complexity index is 538. The van der Waals surface area contributed by atoms with E-state index in [9.17, 15) is 4.79 Å². The van der Waals surface area contributed by atoms with Crippen LogP contribution in [-0.4, -0.2) is 34.9 Å². The Morgan fingerprint density at radius 1 is 1.55 bits per heavy atom. The molecule has 0 bridgehead atoms. The summed E-state index contributed by atoms with van der Waals surface area (Å²) in [7, 11) is 0. The Morgan fingerprint density at radius 2 is 2.30 bits per heavy atom. The molecule has 0 aliphatic carbocycles. The number of hydrogen-bond donors (Lipinski definition) is 1. The number of aromatic nitrogens is 1. The molecule has 1 aliphatic heterocycles. The largest absolute Gasteiger partial charge is 0.366 e. The summed E-state index contributed by atoms with van der Waals surface area (Å²) in [5.41, 5.74) is 2.32. The molecule has 1 saturated heterocycles. The van der Waals surface area contributed by atoms with Crippen LogP contribution in [0.2, 0.25) is 0 Å². The van der Waals surface area contributed by atoms with Crippen LogP contribution in [0.1, 0.15) is 36.6 Å². The zero-order valence-electron chi connectivity index (χ0n) is 12.2. The van der Waals surface area contributed by atoms with Gasteiger partial charge >= 0.3 is 0 Å². The third-order valence-corrected chi connectivity index (χ3v) is 3.73. The van der Waals surface area contributed by atoms with Crippen molar-refractivity contribution in [2.45, 2.75) is 39.7 Å². The van der Waals surface area contributed by atoms with Crippen molar-refractivity contribution < 1.29 is 4.79 Å². The van der Waals surface area contributed by atoms with E-state index >= 15 is 0 Å². The molecule has 5 nitrogen and oxygen atoms in total. The van der Waals surface area contributed by atoms with Crippen LogP contribution in [0.3, 0.4) is 0 Å². The molecule has 1 aromatic rings. The second-order valence-electron chi connectivity index (χ2n) is 5.35. The molecule has 1 fully saturated rings. The molecule has 0 spiro atoms. The zero-order valence-corrected chi connectivity index (χ0v) is 12.2. The maximum Gasteiger partial charge on any atom is 0.219 e. The number of amides is 1. The molecule has 1 N–H and O–H groups in total. The predicted molar refractivity (Wildman–Crippen MR) is 77.3 cm³/mol. The summed E-state index contributed by atoms with van der Waals surface area (Å²) < 4.78 is 0. The van der Waals surface area contributed by atoms with Crippen molar-refractivity contribution in [1.82, 2.24) is 9.88 Å². The van der Waals surface area contributed by atoms with Crippen molar-refractivity contribution in [1.29, 1.82) is 5.26 Å². The summed E-state index contributed by atoms with van der Waals surface area (Å²) in [6.45, 7) is 6.93. The molecule has 1 aliphatic rings. The fraction of sp³-hybridized carbons (Fsp3) is 0.533. The lowest BCUT2D eigenvalue weighted by atomic mass is 10.1. The maximum atomic E-state index is 11.4. The molecule has 5 heteroatoms. The average molecular weight is 272 g/mol. The molecular weight excluding hydrogens is 252 g/mol. The van der Waals surface area contributed by atoms with Gasteiger partial charge in [0.05, 0.1) is 11.3 Å². The third kappa shape index (κ3) is 3.08. The summed E-state index contributed by atoms with van der Waals surface area (Å²) in [5.74, 6) is 0.908. The van der Waals surface area contributed by atoms with E-state index in [1.165, 1.54) is 0 Å². The number of pyridine rings is 1. The van der Waals surface area contributed by atoms with E-state index in [1.54, 1.807) is 6.92 Å². The van der Waals surface area contributed by atoms with Crippen LogP contribution in [0, 0.1) is 25.2 Å². The Hall–Kier alpha value is -2.09. The minimum absolute atomic E-state index is 0.122. The van der Waals surface area contributed by atoms with Crippen molar-refractivity contribution in [3.63, 3.8) is 0 Å². The second kappa shape index (κ2) is 5.91. The molecular formula is C15H20N4O. The normalized spacial score (nSPS) is 18.5. The molecule has 20 heavy (non-hydrogen) atoms. The van der Waals surface area contributed by atoms with Crippen LogP contribution < -0.4 is 5.32 Å². The van der Waals surface area contributed by atoms with E-state index in [2.05, 4.69) is 16.4 Å². The van der Waals surface area contributed by atoms with Gasteiger partial charge in [0, 0.05) is 26.1 Å². The summed E-state index contributed by atoms with van der Waals surface area (Å²) in [5, 5.41) is 12.4. The van der Waals surface area contributed by atoms with Crippen LogP contribution in [0.15, 0.2) is 6.07 Å². The number of nitriles is 1. The molecule has 106 valence electrons. The van der Waals surface area contributed by atoms with Gasteiger partial charge < -0.3 is 10.2 Å². The Kier molecular flexibility index (Phi) is 4.23. The second-order valence-corrected chi connectivity index (χ2v) is 5.35. The van der Waals surface area contributed by atoms with Crippen molar-refractivity contribution in [3.8, 4) is 6.07 Å². The first kappa shape index (κ1) is 14.3. The lowest BCUT2D eigenvalue weighted by Crippen LogP contribution is -2.44. The number of nitrogens with one attached hydrogen (secondary N) is 1. The number of rotatable bonds is 2. The average Bonchev–Trinajstić information content (AvgIpc) is 2.38. The minimum Gasteiger partial charge on any atom is -0.366 e. The Morgan fingerprint density at radius 3 is 2.90 bits per heavy atom. The number of nitrogens with zero attached hydrogens (tertiary/aromatic N) is 3. The lowest BCUT2D eigenvalue weighted by molar-refractivity contribution is -0.129. The minimum atomic E-state index is 0.122. The van der Waals surface area contributed by atoms with Gasteiger partial charge in [-0.3, -0.25) is 4.79 Å². The van der Waals surface area contributed by atoms with Gasteiger partial charge in [0.25, 0.3) is 0 Å². The topological polar surface area (TPSA) is 69.0 Å². The molecule has 2 rings (SSSR count). The van der Waals surface area contributed by atoms with Gasteiger partial charge in [-0.1, -0.05) is 0 Å². The van der Waals surface area contributed by atoms with Crippen molar-refractivity contribution in [2.24, 2.45) is 0 Å². The lowest BCUT2D eigenvalue weighted by Gasteiger charge is -2.32. The highest BCUT2D eigenvalue weighted by Gasteiger charge is 2.21. The number of carbonyl (C=O) groups excluding carboxylic acids is 1. The first-order chi connectivity index (χ1) is 9.51. The van der Waals surface area contributed by atoms with Gasteiger partial charge in [0.15, 0.2) is 0 Å². The molecule has 0 radical (unpaired) electrons. The molecule has 0 aromatic carbocycles. The van der Waals surface area contributed by atoms with Gasteiger partial charge in [-0.25, -0.2) is 4.98 Å². The number of aryl methyl sites for hydroxylation is 2. The van der Waals surface area contributed by atoms with Gasteiger partial charge in [0.2, 0.25) is 5.91 Å². The van der Waals surface area contributed by atoms with Gasteiger partial charge in [0.1, 0.15) is 11.9 Å². The third-order valence-electron chi connectivity index (χ3n) is 3.73. The summed E-state index contributed by atoms with van der Waals surface area (Å²) in [6.07, 6.45) is 2.04. The number of likely N-dealkylation sites (tertiary alicyclic amines) is 1. The smallest absolute Gasteiger partial charge is 0.219 e. The van der Waals surface area contributed by atoms with Gasteiger partial charge in [-0.15, -0.1) is 0 Å². The highest BCUT2D eigenvalue weighted by Crippen LogP contribution is 2.19. The van der Waals surface area contributed by atoms with Crippen molar-refractivity contribution in [2.75, 3.05) is 18.4 Å². The molecule has 2 heterocycles.